The highest BCUT2D eigenvalue weighted by atomic mass is 32.2. The molecule has 1 aromatic heterocycles. The zero-order valence-electron chi connectivity index (χ0n) is 18.6. The summed E-state index contributed by atoms with van der Waals surface area (Å²) in [5.74, 6) is -0.709. The zero-order valence-corrected chi connectivity index (χ0v) is 19.4. The molecule has 0 unspecified atom stereocenters. The topological polar surface area (TPSA) is 109 Å². The molecular weight excluding hydrogens is 449 g/mol. The van der Waals surface area contributed by atoms with Gasteiger partial charge in [-0.1, -0.05) is 26.2 Å². The molecule has 0 bridgehead atoms. The quantitative estimate of drug-likeness (QED) is 0.515. The number of nitrogens with one attached hydrogen (secondary N) is 2. The maximum absolute atomic E-state index is 13.3. The van der Waals surface area contributed by atoms with Gasteiger partial charge in [-0.25, -0.2) is 17.5 Å². The molecule has 1 atom stereocenters. The third-order valence-corrected chi connectivity index (χ3v) is 7.18. The van der Waals surface area contributed by atoms with Crippen LogP contribution in [0.3, 0.4) is 0 Å². The highest BCUT2D eigenvalue weighted by molar-refractivity contribution is 7.89. The molecule has 1 aliphatic rings. The largest absolute Gasteiger partial charge is 0.467 e. The Morgan fingerprint density at radius 2 is 1.88 bits per heavy atom. The molecule has 1 aromatic carbocycles. The smallest absolute Gasteiger partial charge is 0.243 e. The Balaban J connectivity index is 1.74. The molecule has 1 fully saturated rings. The van der Waals surface area contributed by atoms with E-state index in [0.717, 1.165) is 49.9 Å². The van der Waals surface area contributed by atoms with Crippen LogP contribution in [-0.2, 0) is 26.2 Å². The van der Waals surface area contributed by atoms with E-state index in [-0.39, 0.29) is 23.4 Å². The number of nitrogens with zero attached hydrogens (tertiary/aromatic N) is 1. The first-order chi connectivity index (χ1) is 15.8. The van der Waals surface area contributed by atoms with Crippen LogP contribution < -0.4 is 10.0 Å². The summed E-state index contributed by atoms with van der Waals surface area (Å²) < 4.78 is 45.8. The summed E-state index contributed by atoms with van der Waals surface area (Å²) in [6.45, 7) is 1.65. The van der Waals surface area contributed by atoms with E-state index in [1.807, 2.05) is 6.92 Å². The van der Waals surface area contributed by atoms with Crippen molar-refractivity contribution < 1.29 is 26.8 Å². The fraction of sp³-hybridized carbons (Fsp3) is 0.478. The van der Waals surface area contributed by atoms with E-state index in [1.165, 1.54) is 6.26 Å². The van der Waals surface area contributed by atoms with Crippen LogP contribution in [0.25, 0.3) is 0 Å². The standard InChI is InChI=1S/C23H30FN3O5S/c1-2-6-21(23(29)25-15-19-9-5-14-32-19)27(18-7-3-4-8-18)22(28)16-26-33(30,31)20-12-10-17(24)11-13-20/h5,9-14,18,21,26H,2-4,6-8,15-16H2,1H3,(H,25,29)/t21-/m0/s1. The van der Waals surface area contributed by atoms with Gasteiger partial charge >= 0.3 is 0 Å². The van der Waals surface area contributed by atoms with Gasteiger partial charge in [0.2, 0.25) is 21.8 Å². The fourth-order valence-corrected chi connectivity index (χ4v) is 5.11. The van der Waals surface area contributed by atoms with Crippen molar-refractivity contribution in [1.29, 1.82) is 0 Å². The van der Waals surface area contributed by atoms with E-state index in [1.54, 1.807) is 17.0 Å². The number of carbonyl (C=O) groups excluding carboxylic acids is 2. The SMILES string of the molecule is CCC[C@@H](C(=O)NCc1ccco1)N(C(=O)CNS(=O)(=O)c1ccc(F)cc1)C1CCCC1. The average molecular weight is 480 g/mol. The molecule has 180 valence electrons. The van der Waals surface area contributed by atoms with Gasteiger partial charge in [-0.15, -0.1) is 0 Å². The Kier molecular flexibility index (Phi) is 8.62. The van der Waals surface area contributed by atoms with E-state index in [2.05, 4.69) is 10.0 Å². The van der Waals surface area contributed by atoms with E-state index in [4.69, 9.17) is 4.42 Å². The molecule has 1 aliphatic carbocycles. The van der Waals surface area contributed by atoms with Crippen LogP contribution in [0, 0.1) is 5.82 Å². The lowest BCUT2D eigenvalue weighted by Crippen LogP contribution is -2.55. The molecule has 8 nitrogen and oxygen atoms in total. The average Bonchev–Trinajstić information content (AvgIpc) is 3.51. The minimum Gasteiger partial charge on any atom is -0.467 e. The van der Waals surface area contributed by atoms with Crippen LogP contribution in [0.2, 0.25) is 0 Å². The fourth-order valence-electron chi connectivity index (χ4n) is 4.13. The summed E-state index contributed by atoms with van der Waals surface area (Å²) in [6, 6.07) is 7.00. The van der Waals surface area contributed by atoms with E-state index in [9.17, 15) is 22.4 Å². The Labute approximate surface area is 193 Å². The van der Waals surface area contributed by atoms with Crippen molar-refractivity contribution in [2.45, 2.75) is 69.0 Å². The molecule has 0 radical (unpaired) electrons. The second-order valence-electron chi connectivity index (χ2n) is 8.12. The van der Waals surface area contributed by atoms with Crippen LogP contribution in [-0.4, -0.2) is 43.8 Å². The summed E-state index contributed by atoms with van der Waals surface area (Å²) in [7, 11) is -4.00. The van der Waals surface area contributed by atoms with Gasteiger partial charge in [-0.05, 0) is 55.7 Å². The van der Waals surface area contributed by atoms with Crippen molar-refractivity contribution >= 4 is 21.8 Å². The van der Waals surface area contributed by atoms with Gasteiger partial charge in [-0.2, -0.15) is 0 Å². The highest BCUT2D eigenvalue weighted by Crippen LogP contribution is 2.27. The third kappa shape index (κ3) is 6.64. The first-order valence-electron chi connectivity index (χ1n) is 11.2. The van der Waals surface area contributed by atoms with Crippen LogP contribution in [0.5, 0.6) is 0 Å². The predicted octanol–water partition coefficient (Wildman–Crippen LogP) is 2.95. The minimum absolute atomic E-state index is 0.126. The minimum atomic E-state index is -4.00. The monoisotopic (exact) mass is 479 g/mol. The number of carbonyl (C=O) groups is 2. The summed E-state index contributed by atoms with van der Waals surface area (Å²) in [4.78, 5) is 27.7. The van der Waals surface area contributed by atoms with Gasteiger partial charge in [0.25, 0.3) is 0 Å². The number of hydrogen-bond acceptors (Lipinski definition) is 5. The molecule has 10 heteroatoms. The number of benzene rings is 1. The molecule has 0 aliphatic heterocycles. The van der Waals surface area contributed by atoms with Gasteiger partial charge in [0.15, 0.2) is 0 Å². The van der Waals surface area contributed by atoms with Gasteiger partial charge < -0.3 is 14.6 Å². The Morgan fingerprint density at radius 3 is 2.48 bits per heavy atom. The third-order valence-electron chi connectivity index (χ3n) is 5.76. The first kappa shape index (κ1) is 24.9. The normalized spacial score (nSPS) is 15.3. The number of hydrogen-bond donors (Lipinski definition) is 2. The lowest BCUT2D eigenvalue weighted by atomic mass is 10.0. The molecule has 0 saturated heterocycles. The first-order valence-corrected chi connectivity index (χ1v) is 12.7. The highest BCUT2D eigenvalue weighted by Gasteiger charge is 2.36. The van der Waals surface area contributed by atoms with Crippen LogP contribution in [0.1, 0.15) is 51.2 Å². The summed E-state index contributed by atoms with van der Waals surface area (Å²) in [5.41, 5.74) is 0. The zero-order chi connectivity index (χ0) is 23.8. The van der Waals surface area contributed by atoms with Gasteiger partial charge in [-0.3, -0.25) is 9.59 Å². The molecule has 1 saturated carbocycles. The molecular formula is C23H30FN3O5S. The lowest BCUT2D eigenvalue weighted by Gasteiger charge is -2.36. The van der Waals surface area contributed by atoms with Gasteiger partial charge in [0.05, 0.1) is 24.2 Å². The second kappa shape index (κ2) is 11.4. The van der Waals surface area contributed by atoms with Crippen molar-refractivity contribution in [1.82, 2.24) is 14.9 Å². The molecule has 2 aromatic rings. The van der Waals surface area contributed by atoms with Crippen LogP contribution >= 0.6 is 0 Å². The molecule has 2 N–H and O–H groups in total. The van der Waals surface area contributed by atoms with Crippen molar-refractivity contribution in [3.05, 3.63) is 54.2 Å². The summed E-state index contributed by atoms with van der Waals surface area (Å²) >= 11 is 0. The Morgan fingerprint density at radius 1 is 1.18 bits per heavy atom. The van der Waals surface area contributed by atoms with E-state index in [0.29, 0.717) is 18.6 Å². The summed E-state index contributed by atoms with van der Waals surface area (Å²) in [5, 5.41) is 2.83. The Hall–Kier alpha value is -2.72. The Bertz CT molecular complexity index is 1020. The van der Waals surface area contributed by atoms with E-state index >= 15 is 0 Å². The molecule has 2 amide bonds. The van der Waals surface area contributed by atoms with Crippen molar-refractivity contribution in [3.8, 4) is 0 Å². The van der Waals surface area contributed by atoms with Gasteiger partial charge in [0, 0.05) is 6.04 Å². The van der Waals surface area contributed by atoms with Crippen molar-refractivity contribution in [2.24, 2.45) is 0 Å². The maximum atomic E-state index is 13.3. The predicted molar refractivity (Wildman–Crippen MR) is 120 cm³/mol. The molecule has 1 heterocycles. The second-order valence-corrected chi connectivity index (χ2v) is 9.89. The van der Waals surface area contributed by atoms with Crippen LogP contribution in [0.15, 0.2) is 52.0 Å². The number of rotatable bonds is 11. The van der Waals surface area contributed by atoms with E-state index < -0.39 is 34.3 Å². The maximum Gasteiger partial charge on any atom is 0.243 e. The molecule has 0 spiro atoms. The number of furan rings is 1. The van der Waals surface area contributed by atoms with Crippen LogP contribution in [0.4, 0.5) is 4.39 Å². The number of sulfonamides is 1. The lowest BCUT2D eigenvalue weighted by molar-refractivity contribution is -0.142. The number of halogens is 1. The van der Waals surface area contributed by atoms with Crippen molar-refractivity contribution in [3.63, 3.8) is 0 Å². The number of amides is 2. The van der Waals surface area contributed by atoms with Crippen molar-refractivity contribution in [2.75, 3.05) is 6.54 Å². The molecule has 33 heavy (non-hydrogen) atoms. The summed E-state index contributed by atoms with van der Waals surface area (Å²) in [6.07, 6.45) is 6.08. The van der Waals surface area contributed by atoms with Gasteiger partial charge in [0.1, 0.15) is 17.6 Å². The molecule has 3 rings (SSSR count).